The molecule has 8 heteroatoms. The topological polar surface area (TPSA) is 57.7 Å². The number of rotatable bonds is 8. The summed E-state index contributed by atoms with van der Waals surface area (Å²) < 4.78 is 25.3. The molecular formula is C15H22Cl2N2O3S. The van der Waals surface area contributed by atoms with Gasteiger partial charge < -0.3 is 4.90 Å². The minimum Gasteiger partial charge on any atom is -0.341 e. The van der Waals surface area contributed by atoms with Crippen LogP contribution in [-0.4, -0.2) is 45.1 Å². The van der Waals surface area contributed by atoms with E-state index in [0.717, 1.165) is 23.4 Å². The zero-order chi connectivity index (χ0) is 17.6. The van der Waals surface area contributed by atoms with Crippen LogP contribution in [0.25, 0.3) is 0 Å². The number of halogens is 2. The van der Waals surface area contributed by atoms with Gasteiger partial charge in [-0.25, -0.2) is 8.42 Å². The van der Waals surface area contributed by atoms with E-state index in [2.05, 4.69) is 0 Å². The van der Waals surface area contributed by atoms with Crippen molar-refractivity contribution in [2.75, 3.05) is 30.2 Å². The maximum absolute atomic E-state index is 12.5. The van der Waals surface area contributed by atoms with Crippen molar-refractivity contribution in [1.29, 1.82) is 0 Å². The number of benzene rings is 1. The minimum atomic E-state index is -3.70. The monoisotopic (exact) mass is 380 g/mol. The van der Waals surface area contributed by atoms with E-state index in [1.54, 1.807) is 23.1 Å². The van der Waals surface area contributed by atoms with E-state index in [1.807, 2.05) is 13.8 Å². The van der Waals surface area contributed by atoms with Crippen molar-refractivity contribution in [3.63, 3.8) is 0 Å². The third-order valence-electron chi connectivity index (χ3n) is 3.21. The summed E-state index contributed by atoms with van der Waals surface area (Å²) in [7, 11) is -3.70. The molecule has 0 spiro atoms. The molecule has 0 bridgehead atoms. The molecule has 1 rings (SSSR count). The van der Waals surface area contributed by atoms with E-state index in [-0.39, 0.29) is 28.2 Å². The Morgan fingerprint density at radius 1 is 1.09 bits per heavy atom. The molecule has 0 radical (unpaired) electrons. The van der Waals surface area contributed by atoms with Crippen molar-refractivity contribution in [1.82, 2.24) is 4.90 Å². The molecule has 0 fully saturated rings. The maximum Gasteiger partial charge on any atom is 0.243 e. The largest absolute Gasteiger partial charge is 0.341 e. The fourth-order valence-corrected chi connectivity index (χ4v) is 3.79. The second kappa shape index (κ2) is 8.76. The Labute approximate surface area is 148 Å². The Bertz CT molecular complexity index is 624. The molecule has 1 amide bonds. The van der Waals surface area contributed by atoms with E-state index in [1.165, 1.54) is 0 Å². The average molecular weight is 381 g/mol. The van der Waals surface area contributed by atoms with Crippen LogP contribution in [0.5, 0.6) is 0 Å². The highest BCUT2D eigenvalue weighted by Gasteiger charge is 2.27. The van der Waals surface area contributed by atoms with Gasteiger partial charge in [0.15, 0.2) is 0 Å². The summed E-state index contributed by atoms with van der Waals surface area (Å²) in [5.41, 5.74) is 0.139. The van der Waals surface area contributed by atoms with Gasteiger partial charge in [-0.05, 0) is 25.0 Å². The molecule has 1 aromatic rings. The smallest absolute Gasteiger partial charge is 0.243 e. The first-order valence-electron chi connectivity index (χ1n) is 7.41. The van der Waals surface area contributed by atoms with Gasteiger partial charge in [0.1, 0.15) is 6.54 Å². The molecule has 0 atom stereocenters. The SMILES string of the molecule is CCCN(CCC)C(=O)CN(c1c(Cl)cccc1Cl)S(C)(=O)=O. The second-order valence-corrected chi connectivity index (χ2v) is 7.94. The fourth-order valence-electron chi connectivity index (χ4n) is 2.21. The van der Waals surface area contributed by atoms with Crippen LogP contribution in [0.3, 0.4) is 0 Å². The molecular weight excluding hydrogens is 359 g/mol. The summed E-state index contributed by atoms with van der Waals surface area (Å²) in [6, 6.07) is 4.71. The van der Waals surface area contributed by atoms with Gasteiger partial charge in [0, 0.05) is 13.1 Å². The van der Waals surface area contributed by atoms with Gasteiger partial charge in [-0.15, -0.1) is 0 Å². The molecule has 5 nitrogen and oxygen atoms in total. The van der Waals surface area contributed by atoms with Crippen LogP contribution in [-0.2, 0) is 14.8 Å². The van der Waals surface area contributed by atoms with Crippen LogP contribution in [0.15, 0.2) is 18.2 Å². The molecule has 0 saturated heterocycles. The van der Waals surface area contributed by atoms with Crippen LogP contribution in [0, 0.1) is 0 Å². The number of nitrogens with zero attached hydrogens (tertiary/aromatic N) is 2. The zero-order valence-corrected chi connectivity index (χ0v) is 15.9. The van der Waals surface area contributed by atoms with Crippen LogP contribution < -0.4 is 4.31 Å². The molecule has 0 unspecified atom stereocenters. The lowest BCUT2D eigenvalue weighted by molar-refractivity contribution is -0.129. The number of para-hydroxylation sites is 1. The number of sulfonamides is 1. The second-order valence-electron chi connectivity index (χ2n) is 5.22. The first kappa shape index (κ1) is 20.1. The van der Waals surface area contributed by atoms with Gasteiger partial charge in [-0.1, -0.05) is 43.1 Å². The van der Waals surface area contributed by atoms with E-state index >= 15 is 0 Å². The highest BCUT2D eigenvalue weighted by molar-refractivity contribution is 7.92. The number of amides is 1. The first-order chi connectivity index (χ1) is 10.7. The summed E-state index contributed by atoms with van der Waals surface area (Å²) in [4.78, 5) is 14.2. The number of anilines is 1. The third-order valence-corrected chi connectivity index (χ3v) is 4.93. The molecule has 1 aromatic carbocycles. The van der Waals surface area contributed by atoms with Gasteiger partial charge in [0.2, 0.25) is 15.9 Å². The third kappa shape index (κ3) is 5.55. The van der Waals surface area contributed by atoms with Crippen LogP contribution in [0.2, 0.25) is 10.0 Å². The normalized spacial score (nSPS) is 11.3. The lowest BCUT2D eigenvalue weighted by atomic mass is 10.3. The minimum absolute atomic E-state index is 0.139. The molecule has 0 aliphatic heterocycles. The van der Waals surface area contributed by atoms with Gasteiger partial charge in [0.05, 0.1) is 22.0 Å². The molecule has 0 saturated carbocycles. The van der Waals surface area contributed by atoms with E-state index in [0.29, 0.717) is 13.1 Å². The molecule has 0 N–H and O–H groups in total. The van der Waals surface area contributed by atoms with Crippen molar-refractivity contribution >= 4 is 44.8 Å². The quantitative estimate of drug-likeness (QED) is 0.694. The Morgan fingerprint density at radius 2 is 1.57 bits per heavy atom. The van der Waals surface area contributed by atoms with Crippen LogP contribution >= 0.6 is 23.2 Å². The fraction of sp³-hybridized carbons (Fsp3) is 0.533. The number of hydrogen-bond acceptors (Lipinski definition) is 3. The summed E-state index contributed by atoms with van der Waals surface area (Å²) in [5, 5.41) is 0.376. The van der Waals surface area contributed by atoms with Gasteiger partial charge in [-0.2, -0.15) is 0 Å². The lowest BCUT2D eigenvalue weighted by Crippen LogP contribution is -2.43. The standard InChI is InChI=1S/C15H22Cl2N2O3S/c1-4-9-18(10-5-2)14(20)11-19(23(3,21)22)15-12(16)7-6-8-13(15)17/h6-8H,4-5,9-11H2,1-3H3. The summed E-state index contributed by atoms with van der Waals surface area (Å²) in [6.45, 7) is 4.79. The highest BCUT2D eigenvalue weighted by atomic mass is 35.5. The predicted octanol–water partition coefficient (Wildman–Crippen LogP) is 3.41. The number of hydrogen-bond donors (Lipinski definition) is 0. The van der Waals surface area contributed by atoms with E-state index < -0.39 is 10.0 Å². The van der Waals surface area contributed by atoms with Gasteiger partial charge in [0.25, 0.3) is 0 Å². The highest BCUT2D eigenvalue weighted by Crippen LogP contribution is 2.34. The van der Waals surface area contributed by atoms with Crippen LogP contribution in [0.4, 0.5) is 5.69 Å². The molecule has 130 valence electrons. The van der Waals surface area contributed by atoms with Crippen molar-refractivity contribution < 1.29 is 13.2 Å². The van der Waals surface area contributed by atoms with Crippen molar-refractivity contribution in [2.45, 2.75) is 26.7 Å². The lowest BCUT2D eigenvalue weighted by Gasteiger charge is -2.28. The van der Waals surface area contributed by atoms with Crippen molar-refractivity contribution in [2.24, 2.45) is 0 Å². The molecule has 0 aromatic heterocycles. The zero-order valence-electron chi connectivity index (χ0n) is 13.6. The van der Waals surface area contributed by atoms with Gasteiger partial charge >= 0.3 is 0 Å². The molecule has 0 aliphatic carbocycles. The van der Waals surface area contributed by atoms with Crippen molar-refractivity contribution in [3.05, 3.63) is 28.2 Å². The van der Waals surface area contributed by atoms with Crippen molar-refractivity contribution in [3.8, 4) is 0 Å². The van der Waals surface area contributed by atoms with E-state index in [9.17, 15) is 13.2 Å². The Balaban J connectivity index is 3.17. The Hall–Kier alpha value is -0.980. The Kier molecular flexibility index (Phi) is 7.64. The maximum atomic E-state index is 12.5. The molecule has 0 aliphatic rings. The van der Waals surface area contributed by atoms with E-state index in [4.69, 9.17) is 23.2 Å². The molecule has 0 heterocycles. The summed E-state index contributed by atoms with van der Waals surface area (Å²) >= 11 is 12.2. The Morgan fingerprint density at radius 3 is 1.96 bits per heavy atom. The average Bonchev–Trinajstić information content (AvgIpc) is 2.44. The number of carbonyl (C=O) groups excluding carboxylic acids is 1. The van der Waals surface area contributed by atoms with Gasteiger partial charge in [-0.3, -0.25) is 9.10 Å². The summed E-state index contributed by atoms with van der Waals surface area (Å²) in [5.74, 6) is -0.268. The molecule has 23 heavy (non-hydrogen) atoms. The number of carbonyl (C=O) groups is 1. The predicted molar refractivity (Wildman–Crippen MR) is 95.8 cm³/mol. The first-order valence-corrected chi connectivity index (χ1v) is 10.0. The summed E-state index contributed by atoms with van der Waals surface area (Å²) in [6.07, 6.45) is 2.64. The van der Waals surface area contributed by atoms with Crippen LogP contribution in [0.1, 0.15) is 26.7 Å².